The van der Waals surface area contributed by atoms with Gasteiger partial charge in [0, 0.05) is 0 Å². The molecule has 0 amide bonds. The molecule has 0 aliphatic carbocycles. The topological polar surface area (TPSA) is 0 Å². The summed E-state index contributed by atoms with van der Waals surface area (Å²) in [5.41, 5.74) is 6.33. The summed E-state index contributed by atoms with van der Waals surface area (Å²) in [6.45, 7) is 8.17. The Balaban J connectivity index is 2.21. The molecule has 98 valence electrons. The van der Waals surface area contributed by atoms with Crippen molar-refractivity contribution in [1.29, 1.82) is 0 Å². The van der Waals surface area contributed by atoms with E-state index in [1.165, 1.54) is 38.6 Å². The molecule has 3 aromatic rings. The summed E-state index contributed by atoms with van der Waals surface area (Å²) >= 11 is 0. The molecule has 0 fully saturated rings. The third kappa shape index (κ3) is 2.14. The van der Waals surface area contributed by atoms with Crippen LogP contribution in [0.5, 0.6) is 0 Å². The quantitative estimate of drug-likeness (QED) is 0.547. The van der Waals surface area contributed by atoms with Crippen LogP contribution in [0.3, 0.4) is 0 Å². The molecule has 0 heteroatoms. The van der Waals surface area contributed by atoms with E-state index in [1.54, 1.807) is 0 Å². The van der Waals surface area contributed by atoms with E-state index >= 15 is 0 Å². The molecule has 0 aliphatic heterocycles. The minimum atomic E-state index is 1.21. The Kier molecular flexibility index (Phi) is 3.15. The highest BCUT2D eigenvalue weighted by Gasteiger charge is 2.04. The lowest BCUT2D eigenvalue weighted by molar-refractivity contribution is 1.47. The molecule has 0 N–H and O–H groups in total. The predicted octanol–water partition coefficient (Wildman–Crippen LogP) is 5.77. The fourth-order valence-electron chi connectivity index (χ4n) is 2.63. The molecule has 20 heavy (non-hydrogen) atoms. The summed E-state index contributed by atoms with van der Waals surface area (Å²) in [5, 5.41) is 2.59. The van der Waals surface area contributed by atoms with Crippen molar-refractivity contribution >= 4 is 16.8 Å². The molecule has 3 rings (SSSR count). The van der Waals surface area contributed by atoms with Gasteiger partial charge in [-0.1, -0.05) is 66.7 Å². The second-order valence-corrected chi connectivity index (χ2v) is 5.29. The Labute approximate surface area is 120 Å². The van der Waals surface area contributed by atoms with E-state index in [0.717, 1.165) is 0 Å². The van der Waals surface area contributed by atoms with Gasteiger partial charge < -0.3 is 0 Å². The van der Waals surface area contributed by atoms with Crippen molar-refractivity contribution in [3.8, 4) is 11.1 Å². The van der Waals surface area contributed by atoms with Gasteiger partial charge in [-0.2, -0.15) is 0 Å². The smallest absolute Gasteiger partial charge is 0.0143 e. The van der Waals surface area contributed by atoms with E-state index < -0.39 is 0 Å². The maximum atomic E-state index is 3.89. The minimum absolute atomic E-state index is 1.21. The molecule has 0 saturated carbocycles. The summed E-state index contributed by atoms with van der Waals surface area (Å²) in [7, 11) is 0. The fourth-order valence-corrected chi connectivity index (χ4v) is 2.63. The zero-order valence-electron chi connectivity index (χ0n) is 12.0. The van der Waals surface area contributed by atoms with Crippen molar-refractivity contribution in [2.75, 3.05) is 0 Å². The number of fused-ring (bicyclic) bond motifs is 1. The van der Waals surface area contributed by atoms with Crippen LogP contribution in [0.2, 0.25) is 0 Å². The van der Waals surface area contributed by atoms with Crippen LogP contribution in [0.15, 0.2) is 61.2 Å². The zero-order chi connectivity index (χ0) is 14.1. The highest BCUT2D eigenvalue weighted by molar-refractivity contribution is 5.92. The van der Waals surface area contributed by atoms with Gasteiger partial charge >= 0.3 is 0 Å². The SMILES string of the molecule is C=Cc1ccc2ccc(-c3ccc(C)cc3)cc2c1C. The van der Waals surface area contributed by atoms with Crippen LogP contribution >= 0.6 is 0 Å². The maximum absolute atomic E-state index is 3.89. The Hall–Kier alpha value is -2.34. The molecule has 0 unspecified atom stereocenters. The van der Waals surface area contributed by atoms with Gasteiger partial charge in [-0.15, -0.1) is 0 Å². The number of rotatable bonds is 2. The molecule has 0 spiro atoms. The predicted molar refractivity (Wildman–Crippen MR) is 88.9 cm³/mol. The standard InChI is InChI=1S/C20H18/c1-4-16-9-10-18-11-12-19(13-20(18)15(16)3)17-7-5-14(2)6-8-17/h4-13H,1H2,2-3H3. The van der Waals surface area contributed by atoms with Gasteiger partial charge in [-0.3, -0.25) is 0 Å². The minimum Gasteiger partial charge on any atom is -0.0985 e. The lowest BCUT2D eigenvalue weighted by atomic mass is 9.95. The van der Waals surface area contributed by atoms with E-state index in [0.29, 0.717) is 0 Å². The first-order chi connectivity index (χ1) is 9.69. The van der Waals surface area contributed by atoms with Crippen LogP contribution < -0.4 is 0 Å². The molecule has 0 bridgehead atoms. The molecule has 0 aromatic heterocycles. The number of hydrogen-bond acceptors (Lipinski definition) is 0. The number of aryl methyl sites for hydroxylation is 2. The van der Waals surface area contributed by atoms with E-state index in [-0.39, 0.29) is 0 Å². The van der Waals surface area contributed by atoms with Gasteiger partial charge in [0.2, 0.25) is 0 Å². The fraction of sp³-hybridized carbons (Fsp3) is 0.100. The number of benzene rings is 3. The Morgan fingerprint density at radius 2 is 1.45 bits per heavy atom. The molecule has 0 radical (unpaired) electrons. The zero-order valence-corrected chi connectivity index (χ0v) is 12.0. The van der Waals surface area contributed by atoms with Crippen molar-refractivity contribution < 1.29 is 0 Å². The second kappa shape index (κ2) is 4.97. The van der Waals surface area contributed by atoms with Crippen LogP contribution in [0.25, 0.3) is 28.0 Å². The van der Waals surface area contributed by atoms with E-state index in [4.69, 9.17) is 0 Å². The molecule has 0 atom stereocenters. The van der Waals surface area contributed by atoms with Crippen molar-refractivity contribution in [2.24, 2.45) is 0 Å². The average Bonchev–Trinajstić information content (AvgIpc) is 2.48. The molecule has 0 nitrogen and oxygen atoms in total. The molecule has 0 aliphatic rings. The van der Waals surface area contributed by atoms with Crippen LogP contribution in [0.4, 0.5) is 0 Å². The summed E-state index contributed by atoms with van der Waals surface area (Å²) in [4.78, 5) is 0. The lowest BCUT2D eigenvalue weighted by Gasteiger charge is -2.09. The highest BCUT2D eigenvalue weighted by Crippen LogP contribution is 2.28. The Bertz CT molecular complexity index is 777. The third-order valence-corrected chi connectivity index (χ3v) is 3.94. The molecule has 0 heterocycles. The molecule has 3 aromatic carbocycles. The summed E-state index contributed by atoms with van der Waals surface area (Å²) in [6, 6.07) is 19.7. The summed E-state index contributed by atoms with van der Waals surface area (Å²) in [6.07, 6.45) is 1.92. The van der Waals surface area contributed by atoms with Crippen molar-refractivity contribution in [3.05, 3.63) is 77.9 Å². The first-order valence-corrected chi connectivity index (χ1v) is 6.92. The molecular weight excluding hydrogens is 240 g/mol. The van der Waals surface area contributed by atoms with Crippen LogP contribution in [-0.2, 0) is 0 Å². The van der Waals surface area contributed by atoms with Crippen LogP contribution in [0.1, 0.15) is 16.7 Å². The van der Waals surface area contributed by atoms with Crippen molar-refractivity contribution in [2.45, 2.75) is 13.8 Å². The van der Waals surface area contributed by atoms with Gasteiger partial charge in [0.1, 0.15) is 0 Å². The van der Waals surface area contributed by atoms with E-state index in [9.17, 15) is 0 Å². The maximum Gasteiger partial charge on any atom is -0.0143 e. The Morgan fingerprint density at radius 3 is 2.15 bits per heavy atom. The average molecular weight is 258 g/mol. The first kappa shape index (κ1) is 12.7. The molecular formula is C20H18. The Morgan fingerprint density at radius 1 is 0.800 bits per heavy atom. The number of hydrogen-bond donors (Lipinski definition) is 0. The second-order valence-electron chi connectivity index (χ2n) is 5.29. The van der Waals surface area contributed by atoms with Crippen molar-refractivity contribution in [3.63, 3.8) is 0 Å². The van der Waals surface area contributed by atoms with E-state index in [2.05, 4.69) is 75.0 Å². The van der Waals surface area contributed by atoms with Crippen molar-refractivity contribution in [1.82, 2.24) is 0 Å². The summed E-state index contributed by atoms with van der Waals surface area (Å²) in [5.74, 6) is 0. The van der Waals surface area contributed by atoms with Gasteiger partial charge in [0.25, 0.3) is 0 Å². The van der Waals surface area contributed by atoms with Crippen LogP contribution in [-0.4, -0.2) is 0 Å². The summed E-state index contributed by atoms with van der Waals surface area (Å²) < 4.78 is 0. The van der Waals surface area contributed by atoms with Gasteiger partial charge in [0.05, 0.1) is 0 Å². The van der Waals surface area contributed by atoms with E-state index in [1.807, 2.05) is 6.08 Å². The monoisotopic (exact) mass is 258 g/mol. The van der Waals surface area contributed by atoms with Gasteiger partial charge in [-0.25, -0.2) is 0 Å². The normalized spacial score (nSPS) is 10.7. The first-order valence-electron chi connectivity index (χ1n) is 6.92. The van der Waals surface area contributed by atoms with Crippen LogP contribution in [0, 0.1) is 13.8 Å². The highest BCUT2D eigenvalue weighted by atomic mass is 14.1. The third-order valence-electron chi connectivity index (χ3n) is 3.94. The molecule has 0 saturated heterocycles. The lowest BCUT2D eigenvalue weighted by Crippen LogP contribution is -1.85. The van der Waals surface area contributed by atoms with Gasteiger partial charge in [-0.05, 0) is 52.9 Å². The van der Waals surface area contributed by atoms with Gasteiger partial charge in [0.15, 0.2) is 0 Å². The largest absolute Gasteiger partial charge is 0.0985 e.